The summed E-state index contributed by atoms with van der Waals surface area (Å²) in [6.07, 6.45) is 0.407. The zero-order valence-electron chi connectivity index (χ0n) is 13.0. The van der Waals surface area contributed by atoms with Gasteiger partial charge in [-0.3, -0.25) is 4.79 Å². The number of aromatic nitrogens is 4. The average molecular weight is 312 g/mol. The Morgan fingerprint density at radius 1 is 1.43 bits per heavy atom. The van der Waals surface area contributed by atoms with Crippen LogP contribution in [0.2, 0.25) is 0 Å². The summed E-state index contributed by atoms with van der Waals surface area (Å²) in [5.74, 6) is 0.825. The van der Waals surface area contributed by atoms with Crippen molar-refractivity contribution in [3.8, 4) is 0 Å². The molecule has 116 valence electrons. The van der Waals surface area contributed by atoms with Crippen molar-refractivity contribution < 1.29 is 4.79 Å². The van der Waals surface area contributed by atoms with Gasteiger partial charge in [0.15, 0.2) is 5.65 Å². The first-order chi connectivity index (χ1) is 9.99. The topological polar surface area (TPSA) is 64.7 Å². The van der Waals surface area contributed by atoms with E-state index in [-0.39, 0.29) is 11.3 Å². The van der Waals surface area contributed by atoms with Crippen LogP contribution in [-0.2, 0) is 17.9 Å². The maximum Gasteiger partial charge on any atom is 0.221 e. The summed E-state index contributed by atoms with van der Waals surface area (Å²) < 4.78 is 3.93. The molecule has 0 aliphatic carbocycles. The van der Waals surface area contributed by atoms with Crippen molar-refractivity contribution >= 4 is 28.7 Å². The molecule has 1 unspecified atom stereocenters. The molecule has 0 bridgehead atoms. The van der Waals surface area contributed by atoms with Gasteiger partial charge in [0.1, 0.15) is 11.3 Å². The lowest BCUT2D eigenvalue weighted by Crippen LogP contribution is -2.24. The molecule has 0 fully saturated rings. The summed E-state index contributed by atoms with van der Waals surface area (Å²) in [6, 6.07) is 0. The number of carbonyl (C=O) groups is 1. The first-order valence-electron chi connectivity index (χ1n) is 7.33. The third-order valence-electron chi connectivity index (χ3n) is 3.42. The number of hydrogen-bond acceptors (Lipinski definition) is 3. The van der Waals surface area contributed by atoms with Gasteiger partial charge in [-0.05, 0) is 27.7 Å². The lowest BCUT2D eigenvalue weighted by atomic mass is 10.3. The van der Waals surface area contributed by atoms with Crippen LogP contribution >= 0.6 is 11.6 Å². The second-order valence-electron chi connectivity index (χ2n) is 5.01. The molecule has 21 heavy (non-hydrogen) atoms. The molecule has 0 aromatic carbocycles. The van der Waals surface area contributed by atoms with E-state index >= 15 is 0 Å². The van der Waals surface area contributed by atoms with Gasteiger partial charge >= 0.3 is 0 Å². The van der Waals surface area contributed by atoms with E-state index in [2.05, 4.69) is 15.4 Å². The molecule has 0 radical (unpaired) electrons. The molecule has 0 aliphatic heterocycles. The largest absolute Gasteiger partial charge is 0.356 e. The fraction of sp³-hybridized carbons (Fsp3) is 0.643. The van der Waals surface area contributed by atoms with E-state index < -0.39 is 0 Å². The second-order valence-corrected chi connectivity index (χ2v) is 5.67. The van der Waals surface area contributed by atoms with Crippen LogP contribution in [0, 0.1) is 6.92 Å². The monoisotopic (exact) mass is 311 g/mol. The number of rotatable bonds is 6. The molecule has 1 amide bonds. The second kappa shape index (κ2) is 6.47. The van der Waals surface area contributed by atoms with Crippen LogP contribution in [0.25, 0.3) is 11.2 Å². The molecule has 2 heterocycles. The van der Waals surface area contributed by atoms with E-state index in [1.54, 1.807) is 0 Å². The van der Waals surface area contributed by atoms with Crippen molar-refractivity contribution in [3.63, 3.8) is 0 Å². The number of nitrogens with one attached hydrogen (secondary N) is 1. The summed E-state index contributed by atoms with van der Waals surface area (Å²) in [7, 11) is 0. The Hall–Kier alpha value is -1.56. The predicted molar refractivity (Wildman–Crippen MR) is 83.5 cm³/mol. The first kappa shape index (κ1) is 15.8. The van der Waals surface area contributed by atoms with Gasteiger partial charge in [0, 0.05) is 26.1 Å². The predicted octanol–water partition coefficient (Wildman–Crippen LogP) is 2.39. The summed E-state index contributed by atoms with van der Waals surface area (Å²) in [5, 5.41) is 7.08. The number of fused-ring (bicyclic) bond motifs is 1. The van der Waals surface area contributed by atoms with Crippen LogP contribution in [-0.4, -0.2) is 31.8 Å². The van der Waals surface area contributed by atoms with Crippen LogP contribution in [0.1, 0.15) is 44.1 Å². The molecule has 0 spiro atoms. The van der Waals surface area contributed by atoms with Crippen LogP contribution in [0.15, 0.2) is 0 Å². The number of amides is 1. The molecule has 6 nitrogen and oxygen atoms in total. The van der Waals surface area contributed by atoms with Crippen molar-refractivity contribution in [3.05, 3.63) is 11.5 Å². The molecule has 2 aromatic heterocycles. The highest BCUT2D eigenvalue weighted by molar-refractivity contribution is 6.20. The Morgan fingerprint density at radius 3 is 2.71 bits per heavy atom. The molecule has 2 rings (SSSR count). The lowest BCUT2D eigenvalue weighted by molar-refractivity contribution is -0.121. The minimum absolute atomic E-state index is 0.0341. The third kappa shape index (κ3) is 3.05. The number of alkyl halides is 1. The van der Waals surface area contributed by atoms with Crippen LogP contribution in [0.5, 0.6) is 0 Å². The van der Waals surface area contributed by atoms with Crippen LogP contribution < -0.4 is 5.32 Å². The van der Waals surface area contributed by atoms with E-state index in [0.717, 1.165) is 29.2 Å². The number of hydrogen-bond donors (Lipinski definition) is 1. The van der Waals surface area contributed by atoms with Gasteiger partial charge in [0.25, 0.3) is 0 Å². The van der Waals surface area contributed by atoms with Crippen LogP contribution in [0.4, 0.5) is 0 Å². The highest BCUT2D eigenvalue weighted by Crippen LogP contribution is 2.26. The molecule has 7 heteroatoms. The Labute approximate surface area is 129 Å². The molecular weight excluding hydrogens is 290 g/mol. The Morgan fingerprint density at radius 2 is 2.14 bits per heavy atom. The molecule has 1 N–H and O–H groups in total. The number of imidazole rings is 1. The lowest BCUT2D eigenvalue weighted by Gasteiger charge is -2.11. The molecule has 2 aromatic rings. The molecule has 0 aliphatic rings. The fourth-order valence-corrected chi connectivity index (χ4v) is 2.65. The Bertz CT molecular complexity index is 643. The van der Waals surface area contributed by atoms with Gasteiger partial charge in [-0.2, -0.15) is 5.10 Å². The van der Waals surface area contributed by atoms with E-state index in [0.29, 0.717) is 19.5 Å². The summed E-state index contributed by atoms with van der Waals surface area (Å²) in [4.78, 5) is 16.3. The average Bonchev–Trinajstić information content (AvgIpc) is 2.95. The highest BCUT2D eigenvalue weighted by Gasteiger charge is 2.21. The van der Waals surface area contributed by atoms with E-state index in [9.17, 15) is 4.79 Å². The van der Waals surface area contributed by atoms with Gasteiger partial charge in [-0.15, -0.1) is 11.6 Å². The van der Waals surface area contributed by atoms with Crippen molar-refractivity contribution in [2.24, 2.45) is 0 Å². The quantitative estimate of drug-likeness (QED) is 0.833. The van der Waals surface area contributed by atoms with Gasteiger partial charge in [0.05, 0.1) is 11.1 Å². The number of nitrogens with zero attached hydrogens (tertiary/aromatic N) is 4. The minimum atomic E-state index is -0.212. The zero-order valence-corrected chi connectivity index (χ0v) is 13.7. The van der Waals surface area contributed by atoms with E-state index in [1.165, 1.54) is 0 Å². The van der Waals surface area contributed by atoms with E-state index in [1.807, 2.05) is 36.9 Å². The SMILES string of the molecule is CCNC(=O)CCn1c(C(C)Cl)nc2c(C)nn(CC)c21. The molecule has 0 saturated heterocycles. The maximum atomic E-state index is 11.7. The minimum Gasteiger partial charge on any atom is -0.356 e. The molecule has 0 saturated carbocycles. The van der Waals surface area contributed by atoms with Crippen molar-refractivity contribution in [2.45, 2.75) is 52.6 Å². The van der Waals surface area contributed by atoms with E-state index in [4.69, 9.17) is 11.6 Å². The third-order valence-corrected chi connectivity index (χ3v) is 3.62. The number of aryl methyl sites for hydroxylation is 3. The standard InChI is InChI=1S/C14H22ClN5O/c1-5-16-11(21)7-8-19-13(9(3)15)17-12-10(4)18-20(6-2)14(12)19/h9H,5-8H2,1-4H3,(H,16,21). The summed E-state index contributed by atoms with van der Waals surface area (Å²) in [5.41, 5.74) is 2.71. The summed E-state index contributed by atoms with van der Waals surface area (Å²) >= 11 is 6.25. The van der Waals surface area contributed by atoms with Gasteiger partial charge < -0.3 is 9.88 Å². The smallest absolute Gasteiger partial charge is 0.221 e. The molecular formula is C14H22ClN5O. The van der Waals surface area contributed by atoms with Crippen molar-refractivity contribution in [1.29, 1.82) is 0 Å². The summed E-state index contributed by atoms with van der Waals surface area (Å²) in [6.45, 7) is 9.74. The molecule has 1 atom stereocenters. The Balaban J connectivity index is 2.42. The zero-order chi connectivity index (χ0) is 15.6. The van der Waals surface area contributed by atoms with Gasteiger partial charge in [-0.1, -0.05) is 0 Å². The van der Waals surface area contributed by atoms with Gasteiger partial charge in [-0.25, -0.2) is 9.67 Å². The Kier molecular flexibility index (Phi) is 4.88. The highest BCUT2D eigenvalue weighted by atomic mass is 35.5. The number of halogens is 1. The fourth-order valence-electron chi connectivity index (χ4n) is 2.48. The maximum absolute atomic E-state index is 11.7. The first-order valence-corrected chi connectivity index (χ1v) is 7.77. The van der Waals surface area contributed by atoms with Crippen molar-refractivity contribution in [1.82, 2.24) is 24.6 Å². The van der Waals surface area contributed by atoms with Crippen LogP contribution in [0.3, 0.4) is 0 Å². The van der Waals surface area contributed by atoms with Gasteiger partial charge in [0.2, 0.25) is 5.91 Å². The normalized spacial score (nSPS) is 12.8. The number of carbonyl (C=O) groups excluding carboxylic acids is 1. The van der Waals surface area contributed by atoms with Crippen molar-refractivity contribution in [2.75, 3.05) is 6.54 Å².